The first-order chi connectivity index (χ1) is 9.21. The first-order valence-electron chi connectivity index (χ1n) is 6.75. The van der Waals surface area contributed by atoms with Crippen molar-refractivity contribution in [3.05, 3.63) is 17.7 Å². The summed E-state index contributed by atoms with van der Waals surface area (Å²) < 4.78 is 16.1. The monoisotopic (exact) mass is 265 g/mol. The Morgan fingerprint density at radius 2 is 1.79 bits per heavy atom. The molecule has 1 unspecified atom stereocenters. The fraction of sp³-hybridized carbons (Fsp3) is 0.600. The summed E-state index contributed by atoms with van der Waals surface area (Å²) in [6.07, 6.45) is 4.93. The SMILES string of the molecule is COc1ccc(C(N)CC2CCC2)c(OC)c1OC. The van der Waals surface area contributed by atoms with Gasteiger partial charge in [0.2, 0.25) is 5.75 Å². The maximum atomic E-state index is 6.32. The van der Waals surface area contributed by atoms with Crippen LogP contribution in [0.4, 0.5) is 0 Å². The molecule has 0 amide bonds. The zero-order chi connectivity index (χ0) is 13.8. The lowest BCUT2D eigenvalue weighted by atomic mass is 9.79. The molecule has 0 aliphatic heterocycles. The van der Waals surface area contributed by atoms with Gasteiger partial charge in [-0.05, 0) is 24.5 Å². The van der Waals surface area contributed by atoms with Crippen LogP contribution in [0, 0.1) is 5.92 Å². The first-order valence-corrected chi connectivity index (χ1v) is 6.75. The largest absolute Gasteiger partial charge is 0.493 e. The summed E-state index contributed by atoms with van der Waals surface area (Å²) >= 11 is 0. The molecule has 19 heavy (non-hydrogen) atoms. The van der Waals surface area contributed by atoms with Gasteiger partial charge in [0.25, 0.3) is 0 Å². The van der Waals surface area contributed by atoms with Crippen molar-refractivity contribution in [3.8, 4) is 17.2 Å². The molecule has 1 aliphatic carbocycles. The molecule has 2 rings (SSSR count). The van der Waals surface area contributed by atoms with E-state index in [-0.39, 0.29) is 6.04 Å². The van der Waals surface area contributed by atoms with Crippen LogP contribution in [0.15, 0.2) is 12.1 Å². The Bertz CT molecular complexity index is 430. The summed E-state index contributed by atoms with van der Waals surface area (Å²) in [5, 5.41) is 0. The molecule has 0 saturated heterocycles. The highest BCUT2D eigenvalue weighted by Crippen LogP contribution is 2.43. The number of benzene rings is 1. The lowest BCUT2D eigenvalue weighted by Gasteiger charge is -2.29. The van der Waals surface area contributed by atoms with Crippen LogP contribution in [0.25, 0.3) is 0 Å². The number of ether oxygens (including phenoxy) is 3. The summed E-state index contributed by atoms with van der Waals surface area (Å²) in [5.41, 5.74) is 7.31. The third kappa shape index (κ3) is 2.78. The highest BCUT2D eigenvalue weighted by molar-refractivity contribution is 5.56. The lowest BCUT2D eigenvalue weighted by Crippen LogP contribution is -2.20. The Morgan fingerprint density at radius 3 is 2.26 bits per heavy atom. The van der Waals surface area contributed by atoms with Crippen molar-refractivity contribution < 1.29 is 14.2 Å². The maximum Gasteiger partial charge on any atom is 0.203 e. The fourth-order valence-electron chi connectivity index (χ4n) is 2.63. The first kappa shape index (κ1) is 14.0. The molecular formula is C15H23NO3. The van der Waals surface area contributed by atoms with E-state index in [9.17, 15) is 0 Å². The second-order valence-electron chi connectivity index (χ2n) is 5.06. The van der Waals surface area contributed by atoms with Crippen molar-refractivity contribution in [2.24, 2.45) is 11.7 Å². The molecule has 4 nitrogen and oxygen atoms in total. The Morgan fingerprint density at radius 1 is 1.11 bits per heavy atom. The van der Waals surface area contributed by atoms with E-state index in [1.54, 1.807) is 21.3 Å². The van der Waals surface area contributed by atoms with Crippen LogP contribution in [0.2, 0.25) is 0 Å². The van der Waals surface area contributed by atoms with Gasteiger partial charge in [0.05, 0.1) is 21.3 Å². The van der Waals surface area contributed by atoms with Gasteiger partial charge in [-0.25, -0.2) is 0 Å². The molecule has 1 atom stereocenters. The van der Waals surface area contributed by atoms with Gasteiger partial charge in [0, 0.05) is 11.6 Å². The van der Waals surface area contributed by atoms with Crippen LogP contribution in [-0.2, 0) is 0 Å². The number of nitrogens with two attached hydrogens (primary N) is 1. The lowest BCUT2D eigenvalue weighted by molar-refractivity contribution is 0.272. The predicted molar refractivity (Wildman–Crippen MR) is 75.0 cm³/mol. The Hall–Kier alpha value is -1.42. The van der Waals surface area contributed by atoms with Crippen LogP contribution < -0.4 is 19.9 Å². The van der Waals surface area contributed by atoms with Gasteiger partial charge in [-0.2, -0.15) is 0 Å². The molecule has 0 spiro atoms. The fourth-order valence-corrected chi connectivity index (χ4v) is 2.63. The minimum absolute atomic E-state index is 0.0138. The molecule has 1 saturated carbocycles. The highest BCUT2D eigenvalue weighted by atomic mass is 16.5. The van der Waals surface area contributed by atoms with Gasteiger partial charge in [-0.1, -0.05) is 19.3 Å². The minimum Gasteiger partial charge on any atom is -0.493 e. The van der Waals surface area contributed by atoms with E-state index >= 15 is 0 Å². The molecule has 0 radical (unpaired) electrons. The average Bonchev–Trinajstić information content (AvgIpc) is 2.40. The molecule has 0 heterocycles. The topological polar surface area (TPSA) is 53.7 Å². The minimum atomic E-state index is -0.0138. The van der Waals surface area contributed by atoms with Crippen molar-refractivity contribution in [2.45, 2.75) is 31.7 Å². The van der Waals surface area contributed by atoms with Gasteiger partial charge < -0.3 is 19.9 Å². The molecule has 0 aromatic heterocycles. The van der Waals surface area contributed by atoms with Crippen LogP contribution in [-0.4, -0.2) is 21.3 Å². The molecule has 4 heteroatoms. The van der Waals surface area contributed by atoms with E-state index in [0.717, 1.165) is 17.9 Å². The molecule has 0 bridgehead atoms. The normalized spacial score (nSPS) is 16.6. The molecule has 1 aromatic carbocycles. The van der Waals surface area contributed by atoms with Gasteiger partial charge in [0.15, 0.2) is 11.5 Å². The van der Waals surface area contributed by atoms with E-state index < -0.39 is 0 Å². The molecule has 1 aliphatic rings. The van der Waals surface area contributed by atoms with E-state index in [2.05, 4.69) is 0 Å². The Kier molecular flexibility index (Phi) is 4.53. The molecule has 1 aromatic rings. The predicted octanol–water partition coefficient (Wildman–Crippen LogP) is 2.90. The number of hydrogen-bond donors (Lipinski definition) is 1. The van der Waals surface area contributed by atoms with Crippen molar-refractivity contribution >= 4 is 0 Å². The molecular weight excluding hydrogens is 242 g/mol. The average molecular weight is 265 g/mol. The van der Waals surface area contributed by atoms with E-state index in [1.165, 1.54) is 19.3 Å². The Labute approximate surface area is 114 Å². The van der Waals surface area contributed by atoms with Crippen molar-refractivity contribution in [3.63, 3.8) is 0 Å². The van der Waals surface area contributed by atoms with Crippen LogP contribution in [0.5, 0.6) is 17.2 Å². The summed E-state index contributed by atoms with van der Waals surface area (Å²) in [4.78, 5) is 0. The van der Waals surface area contributed by atoms with Gasteiger partial charge in [-0.15, -0.1) is 0 Å². The Balaban J connectivity index is 2.27. The molecule has 1 fully saturated rings. The summed E-state index contributed by atoms with van der Waals surface area (Å²) in [6, 6.07) is 3.85. The van der Waals surface area contributed by atoms with E-state index in [1.807, 2.05) is 12.1 Å². The van der Waals surface area contributed by atoms with Crippen LogP contribution >= 0.6 is 0 Å². The number of rotatable bonds is 6. The summed E-state index contributed by atoms with van der Waals surface area (Å²) in [6.45, 7) is 0. The third-order valence-corrected chi connectivity index (χ3v) is 3.95. The number of hydrogen-bond acceptors (Lipinski definition) is 4. The third-order valence-electron chi connectivity index (χ3n) is 3.95. The number of methoxy groups -OCH3 is 3. The zero-order valence-electron chi connectivity index (χ0n) is 11.9. The van der Waals surface area contributed by atoms with Gasteiger partial charge >= 0.3 is 0 Å². The van der Waals surface area contributed by atoms with Crippen molar-refractivity contribution in [1.82, 2.24) is 0 Å². The van der Waals surface area contributed by atoms with Gasteiger partial charge in [0.1, 0.15) is 0 Å². The second kappa shape index (κ2) is 6.15. The standard InChI is InChI=1S/C15H23NO3/c1-17-13-8-7-11(14(18-2)15(13)19-3)12(16)9-10-5-4-6-10/h7-8,10,12H,4-6,9,16H2,1-3H3. The highest BCUT2D eigenvalue weighted by Gasteiger charge is 2.25. The smallest absolute Gasteiger partial charge is 0.203 e. The quantitative estimate of drug-likeness (QED) is 0.859. The summed E-state index contributed by atoms with van der Waals surface area (Å²) in [5.74, 6) is 2.73. The maximum absolute atomic E-state index is 6.32. The van der Waals surface area contributed by atoms with Gasteiger partial charge in [-0.3, -0.25) is 0 Å². The summed E-state index contributed by atoms with van der Waals surface area (Å²) in [7, 11) is 4.86. The van der Waals surface area contributed by atoms with Crippen LogP contribution in [0.3, 0.4) is 0 Å². The molecule has 2 N–H and O–H groups in total. The van der Waals surface area contributed by atoms with Crippen molar-refractivity contribution in [2.75, 3.05) is 21.3 Å². The van der Waals surface area contributed by atoms with E-state index in [4.69, 9.17) is 19.9 Å². The van der Waals surface area contributed by atoms with Crippen LogP contribution in [0.1, 0.15) is 37.3 Å². The second-order valence-corrected chi connectivity index (χ2v) is 5.06. The zero-order valence-corrected chi connectivity index (χ0v) is 11.9. The molecule has 106 valence electrons. The van der Waals surface area contributed by atoms with Crippen molar-refractivity contribution in [1.29, 1.82) is 0 Å². The van der Waals surface area contributed by atoms with E-state index in [0.29, 0.717) is 17.2 Å².